The number of aryl methyl sites for hydroxylation is 2. The maximum Gasteiger partial charge on any atom is 0.275 e. The molecule has 2 aliphatic heterocycles. The Labute approximate surface area is 192 Å². The first-order valence-electron chi connectivity index (χ1n) is 11.5. The summed E-state index contributed by atoms with van der Waals surface area (Å²) in [7, 11) is 1.93. The lowest BCUT2D eigenvalue weighted by Gasteiger charge is -2.38. The van der Waals surface area contributed by atoms with E-state index in [-0.39, 0.29) is 11.8 Å². The van der Waals surface area contributed by atoms with Crippen LogP contribution in [0.25, 0.3) is 10.9 Å². The number of carbonyl (C=O) groups is 2. The summed E-state index contributed by atoms with van der Waals surface area (Å²) >= 11 is 0. The van der Waals surface area contributed by atoms with Crippen molar-refractivity contribution in [1.82, 2.24) is 25.3 Å². The number of nitrogens with one attached hydrogen (secondary N) is 2. The SMILES string of the molecule is Cc1ccc2[nH]nc(C(=O)N3CCN(C)[C@@H](C(=O)NCc4ccc5c(c4)CCCO5)C3)c2c1. The lowest BCUT2D eigenvalue weighted by atomic mass is 10.0. The predicted molar refractivity (Wildman–Crippen MR) is 125 cm³/mol. The van der Waals surface area contributed by atoms with Crippen molar-refractivity contribution in [2.24, 2.45) is 0 Å². The second-order valence-electron chi connectivity index (χ2n) is 8.98. The molecule has 2 aliphatic rings. The second kappa shape index (κ2) is 8.86. The smallest absolute Gasteiger partial charge is 0.275 e. The van der Waals surface area contributed by atoms with Gasteiger partial charge in [0, 0.05) is 31.6 Å². The van der Waals surface area contributed by atoms with Gasteiger partial charge in [0.2, 0.25) is 5.91 Å². The molecule has 0 saturated carbocycles. The van der Waals surface area contributed by atoms with Crippen LogP contribution in [0.5, 0.6) is 5.75 Å². The number of amides is 2. The minimum atomic E-state index is -0.407. The number of ether oxygens (including phenoxy) is 1. The molecule has 33 heavy (non-hydrogen) atoms. The van der Waals surface area contributed by atoms with Gasteiger partial charge in [-0.1, -0.05) is 23.8 Å². The Hall–Kier alpha value is -3.39. The van der Waals surface area contributed by atoms with Gasteiger partial charge in [-0.05, 0) is 56.1 Å². The van der Waals surface area contributed by atoms with Gasteiger partial charge in [-0.25, -0.2) is 0 Å². The van der Waals surface area contributed by atoms with Crippen molar-refractivity contribution < 1.29 is 14.3 Å². The predicted octanol–water partition coefficient (Wildman–Crippen LogP) is 2.27. The molecular weight excluding hydrogens is 418 g/mol. The molecule has 0 bridgehead atoms. The van der Waals surface area contributed by atoms with Crippen LogP contribution >= 0.6 is 0 Å². The molecule has 2 N–H and O–H groups in total. The first kappa shape index (κ1) is 21.5. The molecule has 3 aromatic rings. The minimum absolute atomic E-state index is 0.0771. The Morgan fingerprint density at radius 3 is 2.97 bits per heavy atom. The highest BCUT2D eigenvalue weighted by molar-refractivity contribution is 6.05. The Kier molecular flexibility index (Phi) is 5.76. The van der Waals surface area contributed by atoms with E-state index < -0.39 is 6.04 Å². The van der Waals surface area contributed by atoms with E-state index in [2.05, 4.69) is 21.6 Å². The van der Waals surface area contributed by atoms with Crippen LogP contribution in [0.15, 0.2) is 36.4 Å². The second-order valence-corrected chi connectivity index (χ2v) is 8.98. The monoisotopic (exact) mass is 447 g/mol. The molecule has 1 fully saturated rings. The molecule has 172 valence electrons. The van der Waals surface area contributed by atoms with E-state index in [0.717, 1.165) is 47.2 Å². The normalized spacial score (nSPS) is 18.6. The molecule has 2 aromatic carbocycles. The molecule has 3 heterocycles. The van der Waals surface area contributed by atoms with Crippen LogP contribution in [0.1, 0.15) is 33.6 Å². The number of fused-ring (bicyclic) bond motifs is 2. The highest BCUT2D eigenvalue weighted by Gasteiger charge is 2.33. The van der Waals surface area contributed by atoms with Crippen molar-refractivity contribution in [2.75, 3.05) is 33.3 Å². The van der Waals surface area contributed by atoms with Gasteiger partial charge in [-0.3, -0.25) is 19.6 Å². The topological polar surface area (TPSA) is 90.6 Å². The van der Waals surface area contributed by atoms with Crippen molar-refractivity contribution in [1.29, 1.82) is 0 Å². The Morgan fingerprint density at radius 1 is 1.21 bits per heavy atom. The zero-order valence-corrected chi connectivity index (χ0v) is 19.1. The van der Waals surface area contributed by atoms with Crippen molar-refractivity contribution in [3.8, 4) is 5.75 Å². The number of hydrogen-bond donors (Lipinski definition) is 2. The number of rotatable bonds is 4. The summed E-state index contributed by atoms with van der Waals surface area (Å²) in [5.74, 6) is 0.720. The third-order valence-electron chi connectivity index (χ3n) is 6.60. The number of nitrogens with zero attached hydrogens (tertiary/aromatic N) is 3. The van der Waals surface area contributed by atoms with E-state index >= 15 is 0 Å². The lowest BCUT2D eigenvalue weighted by Crippen LogP contribution is -2.58. The number of likely N-dealkylation sites (N-methyl/N-ethyl adjacent to an activating group) is 1. The quantitative estimate of drug-likeness (QED) is 0.640. The molecule has 0 unspecified atom stereocenters. The number of aromatic nitrogens is 2. The molecule has 0 aliphatic carbocycles. The molecule has 2 amide bonds. The van der Waals surface area contributed by atoms with Crippen molar-refractivity contribution in [3.63, 3.8) is 0 Å². The van der Waals surface area contributed by atoms with E-state index in [4.69, 9.17) is 4.74 Å². The maximum atomic E-state index is 13.3. The summed E-state index contributed by atoms with van der Waals surface area (Å²) in [6, 6.07) is 11.6. The highest BCUT2D eigenvalue weighted by Crippen LogP contribution is 2.25. The van der Waals surface area contributed by atoms with E-state index in [1.54, 1.807) is 4.90 Å². The molecular formula is C25H29N5O3. The first-order chi connectivity index (χ1) is 16.0. The number of H-pyrrole nitrogens is 1. The van der Waals surface area contributed by atoms with Gasteiger partial charge in [0.15, 0.2) is 5.69 Å². The molecule has 5 rings (SSSR count). The first-order valence-corrected chi connectivity index (χ1v) is 11.5. The van der Waals surface area contributed by atoms with Crippen LogP contribution in [-0.2, 0) is 17.8 Å². The van der Waals surface area contributed by atoms with E-state index in [1.807, 2.05) is 49.2 Å². The van der Waals surface area contributed by atoms with Gasteiger partial charge < -0.3 is 15.0 Å². The van der Waals surface area contributed by atoms with Gasteiger partial charge in [0.05, 0.1) is 12.1 Å². The van der Waals surface area contributed by atoms with Gasteiger partial charge >= 0.3 is 0 Å². The van der Waals surface area contributed by atoms with Gasteiger partial charge in [-0.15, -0.1) is 0 Å². The average molecular weight is 448 g/mol. The number of aromatic amines is 1. The fourth-order valence-electron chi connectivity index (χ4n) is 4.61. The summed E-state index contributed by atoms with van der Waals surface area (Å²) in [4.78, 5) is 30.0. The minimum Gasteiger partial charge on any atom is -0.493 e. The van der Waals surface area contributed by atoms with Gasteiger partial charge in [-0.2, -0.15) is 5.10 Å². The summed E-state index contributed by atoms with van der Waals surface area (Å²) in [5, 5.41) is 11.1. The van der Waals surface area contributed by atoms with Crippen LogP contribution in [0, 0.1) is 6.92 Å². The molecule has 1 atom stereocenters. The largest absolute Gasteiger partial charge is 0.493 e. The van der Waals surface area contributed by atoms with E-state index in [9.17, 15) is 9.59 Å². The fraction of sp³-hybridized carbons (Fsp3) is 0.400. The standard InChI is InChI=1S/C25H29N5O3/c1-16-5-7-20-19(12-16)23(28-27-20)25(32)30-10-9-29(2)21(15-30)24(31)26-14-17-6-8-22-18(13-17)4-3-11-33-22/h5-8,12-13,21H,3-4,9-11,14-15H2,1-2H3,(H,26,31)(H,27,28)/t21-/m1/s1. The third kappa shape index (κ3) is 4.30. The average Bonchev–Trinajstić information content (AvgIpc) is 3.25. The molecule has 1 saturated heterocycles. The zero-order chi connectivity index (χ0) is 22.9. The Balaban J connectivity index is 1.26. The Bertz CT molecular complexity index is 1200. The highest BCUT2D eigenvalue weighted by atomic mass is 16.5. The maximum absolute atomic E-state index is 13.3. The van der Waals surface area contributed by atoms with Crippen LogP contribution in [0.2, 0.25) is 0 Å². The van der Waals surface area contributed by atoms with Crippen molar-refractivity contribution in [3.05, 3.63) is 58.8 Å². The summed E-state index contributed by atoms with van der Waals surface area (Å²) in [6.07, 6.45) is 2.02. The summed E-state index contributed by atoms with van der Waals surface area (Å²) in [6.45, 7) is 4.73. The number of carbonyl (C=O) groups excluding carboxylic acids is 2. The number of benzene rings is 2. The summed E-state index contributed by atoms with van der Waals surface area (Å²) in [5.41, 5.74) is 4.57. The fourth-order valence-corrected chi connectivity index (χ4v) is 4.61. The van der Waals surface area contributed by atoms with Crippen LogP contribution in [0.4, 0.5) is 0 Å². The Morgan fingerprint density at radius 2 is 2.09 bits per heavy atom. The molecule has 0 spiro atoms. The van der Waals surface area contributed by atoms with E-state index in [1.165, 1.54) is 5.56 Å². The summed E-state index contributed by atoms with van der Waals surface area (Å²) < 4.78 is 5.67. The molecule has 1 aromatic heterocycles. The van der Waals surface area contributed by atoms with Crippen LogP contribution in [0.3, 0.4) is 0 Å². The number of piperazine rings is 1. The zero-order valence-electron chi connectivity index (χ0n) is 19.1. The van der Waals surface area contributed by atoms with Gasteiger partial charge in [0.1, 0.15) is 11.8 Å². The van der Waals surface area contributed by atoms with E-state index in [0.29, 0.717) is 31.9 Å². The lowest BCUT2D eigenvalue weighted by molar-refractivity contribution is -0.127. The molecule has 8 nitrogen and oxygen atoms in total. The third-order valence-corrected chi connectivity index (χ3v) is 6.60. The number of hydrogen-bond acceptors (Lipinski definition) is 5. The molecule has 8 heteroatoms. The van der Waals surface area contributed by atoms with Crippen LogP contribution in [-0.4, -0.2) is 71.1 Å². The van der Waals surface area contributed by atoms with Gasteiger partial charge in [0.25, 0.3) is 5.91 Å². The van der Waals surface area contributed by atoms with Crippen molar-refractivity contribution in [2.45, 2.75) is 32.4 Å². The van der Waals surface area contributed by atoms with Crippen molar-refractivity contribution >= 4 is 22.7 Å². The molecule has 0 radical (unpaired) electrons. The van der Waals surface area contributed by atoms with Crippen LogP contribution < -0.4 is 10.1 Å².